The van der Waals surface area contributed by atoms with Gasteiger partial charge in [-0.25, -0.2) is 13.2 Å². The number of unbranched alkanes of at least 4 members (excludes halogenated alkanes) is 1. The molecule has 3 rings (SSSR count). The molecule has 1 amide bonds. The van der Waals surface area contributed by atoms with Gasteiger partial charge in [0, 0.05) is 24.9 Å². The maximum absolute atomic E-state index is 12.6. The first-order valence-corrected chi connectivity index (χ1v) is 12.9. The zero-order valence-electron chi connectivity index (χ0n) is 17.3. The lowest BCUT2D eigenvalue weighted by Crippen LogP contribution is -2.58. The van der Waals surface area contributed by atoms with Gasteiger partial charge in [0.05, 0.1) is 22.6 Å². The number of sulfone groups is 1. The summed E-state index contributed by atoms with van der Waals surface area (Å²) in [6.45, 7) is 3.71. The summed E-state index contributed by atoms with van der Waals surface area (Å²) < 4.78 is 34.8. The standard InChI is InChI=1S/C21H27NO7S2/c1-3-4-5-6-15-11-16(12-21(25,29-15)18-13-30-20(24)22-18)28-19(23)14-7-9-17(10-8-14)31(2,26)27/h3,7-10,15-16,18,25H,1,4-6,11-13H2,2H3,(H,22,24)/t15-,16?,18+,21-/m1/s1. The minimum atomic E-state index is -3.37. The summed E-state index contributed by atoms with van der Waals surface area (Å²) in [4.78, 5) is 24.4. The molecule has 2 saturated heterocycles. The number of ether oxygens (including phenoxy) is 2. The molecule has 170 valence electrons. The maximum atomic E-state index is 12.6. The lowest BCUT2D eigenvalue weighted by atomic mass is 9.91. The first-order valence-electron chi connectivity index (χ1n) is 10.1. The zero-order chi connectivity index (χ0) is 22.6. The largest absolute Gasteiger partial charge is 0.458 e. The third-order valence-corrected chi connectivity index (χ3v) is 7.37. The Balaban J connectivity index is 1.72. The van der Waals surface area contributed by atoms with E-state index in [0.29, 0.717) is 18.6 Å². The predicted octanol–water partition coefficient (Wildman–Crippen LogP) is 2.66. The van der Waals surface area contributed by atoms with E-state index in [1.54, 1.807) is 6.08 Å². The molecule has 31 heavy (non-hydrogen) atoms. The minimum Gasteiger partial charge on any atom is -0.458 e. The molecule has 0 radical (unpaired) electrons. The van der Waals surface area contributed by atoms with Crippen LogP contribution in [0.5, 0.6) is 0 Å². The number of hydrogen-bond acceptors (Lipinski definition) is 8. The van der Waals surface area contributed by atoms with Crippen molar-refractivity contribution in [3.05, 3.63) is 42.5 Å². The number of nitrogens with one attached hydrogen (secondary N) is 1. The van der Waals surface area contributed by atoms with Crippen molar-refractivity contribution in [2.45, 2.75) is 61.0 Å². The molecular weight excluding hydrogens is 442 g/mol. The summed E-state index contributed by atoms with van der Waals surface area (Å²) in [7, 11) is -3.37. The van der Waals surface area contributed by atoms with Gasteiger partial charge >= 0.3 is 5.97 Å². The van der Waals surface area contributed by atoms with E-state index in [-0.39, 0.29) is 28.2 Å². The summed E-state index contributed by atoms with van der Waals surface area (Å²) >= 11 is 1.08. The van der Waals surface area contributed by atoms with E-state index >= 15 is 0 Å². The summed E-state index contributed by atoms with van der Waals surface area (Å²) in [5.74, 6) is -1.88. The second kappa shape index (κ2) is 9.72. The number of amides is 1. The van der Waals surface area contributed by atoms with Crippen molar-refractivity contribution < 1.29 is 32.6 Å². The molecule has 0 aliphatic carbocycles. The molecule has 4 atom stereocenters. The van der Waals surface area contributed by atoms with E-state index in [0.717, 1.165) is 30.9 Å². The van der Waals surface area contributed by atoms with E-state index in [4.69, 9.17) is 9.47 Å². The molecule has 1 aromatic rings. The molecule has 8 nitrogen and oxygen atoms in total. The van der Waals surface area contributed by atoms with Gasteiger partial charge in [-0.1, -0.05) is 17.8 Å². The fourth-order valence-electron chi connectivity index (χ4n) is 3.75. The molecule has 2 heterocycles. The van der Waals surface area contributed by atoms with E-state index in [2.05, 4.69) is 11.9 Å². The van der Waals surface area contributed by atoms with Gasteiger partial charge in [-0.2, -0.15) is 0 Å². The molecule has 1 unspecified atom stereocenters. The Labute approximate surface area is 186 Å². The zero-order valence-corrected chi connectivity index (χ0v) is 18.9. The van der Waals surface area contributed by atoms with E-state index in [1.165, 1.54) is 24.3 Å². The van der Waals surface area contributed by atoms with Crippen LogP contribution < -0.4 is 5.32 Å². The Kier molecular flexibility index (Phi) is 7.46. The van der Waals surface area contributed by atoms with Crippen LogP contribution in [0.25, 0.3) is 0 Å². The second-order valence-electron chi connectivity index (χ2n) is 7.86. The summed E-state index contributed by atoms with van der Waals surface area (Å²) in [5.41, 5.74) is 0.218. The molecule has 10 heteroatoms. The average Bonchev–Trinajstić information content (AvgIpc) is 3.15. The Morgan fingerprint density at radius 1 is 1.42 bits per heavy atom. The molecule has 1 aromatic carbocycles. The van der Waals surface area contributed by atoms with E-state index in [9.17, 15) is 23.1 Å². The number of thioether (sulfide) groups is 1. The number of carbonyl (C=O) groups is 2. The first kappa shape index (κ1) is 23.8. The van der Waals surface area contributed by atoms with Gasteiger partial charge in [-0.05, 0) is 43.5 Å². The van der Waals surface area contributed by atoms with Crippen LogP contribution in [0, 0.1) is 0 Å². The van der Waals surface area contributed by atoms with Crippen molar-refractivity contribution >= 4 is 32.8 Å². The second-order valence-corrected chi connectivity index (χ2v) is 10.9. The highest BCUT2D eigenvalue weighted by Crippen LogP contribution is 2.36. The normalized spacial score (nSPS) is 28.7. The van der Waals surface area contributed by atoms with Gasteiger partial charge in [0.2, 0.25) is 0 Å². The Morgan fingerprint density at radius 3 is 2.71 bits per heavy atom. The van der Waals surface area contributed by atoms with Crippen molar-refractivity contribution in [2.24, 2.45) is 0 Å². The smallest absolute Gasteiger partial charge is 0.338 e. The first-order chi connectivity index (χ1) is 14.6. The number of benzene rings is 1. The molecule has 0 aromatic heterocycles. The average molecular weight is 470 g/mol. The van der Waals surface area contributed by atoms with Crippen molar-refractivity contribution in [1.29, 1.82) is 0 Å². The minimum absolute atomic E-state index is 0.0314. The number of allylic oxidation sites excluding steroid dienone is 1. The molecule has 2 aliphatic heterocycles. The SMILES string of the molecule is C=CCCC[C@@H]1CC(OC(=O)c2ccc(S(C)(=O)=O)cc2)C[C@](O)([C@@H]2CSC(=O)N2)O1. The lowest BCUT2D eigenvalue weighted by Gasteiger charge is -2.43. The van der Waals surface area contributed by atoms with Gasteiger partial charge in [0.25, 0.3) is 5.24 Å². The van der Waals surface area contributed by atoms with Crippen molar-refractivity contribution in [1.82, 2.24) is 5.32 Å². The monoisotopic (exact) mass is 469 g/mol. The van der Waals surface area contributed by atoms with Crippen LogP contribution in [0.4, 0.5) is 4.79 Å². The van der Waals surface area contributed by atoms with Gasteiger partial charge in [0.1, 0.15) is 6.10 Å². The van der Waals surface area contributed by atoms with Gasteiger partial charge in [0.15, 0.2) is 15.6 Å². The Bertz CT molecular complexity index is 932. The van der Waals surface area contributed by atoms with Crippen LogP contribution in [0.2, 0.25) is 0 Å². The van der Waals surface area contributed by atoms with Crippen LogP contribution in [-0.4, -0.2) is 60.8 Å². The Morgan fingerprint density at radius 2 is 2.13 bits per heavy atom. The van der Waals surface area contributed by atoms with E-state index in [1.807, 2.05) is 0 Å². The summed E-state index contributed by atoms with van der Waals surface area (Å²) in [5, 5.41) is 13.7. The molecule has 0 saturated carbocycles. The van der Waals surface area contributed by atoms with Crippen molar-refractivity contribution in [3.63, 3.8) is 0 Å². The number of hydrogen-bond donors (Lipinski definition) is 2. The highest BCUT2D eigenvalue weighted by atomic mass is 32.2. The lowest BCUT2D eigenvalue weighted by molar-refractivity contribution is -0.281. The highest BCUT2D eigenvalue weighted by Gasteiger charge is 2.49. The molecule has 0 bridgehead atoms. The van der Waals surface area contributed by atoms with Gasteiger partial charge in [-0.3, -0.25) is 4.79 Å². The van der Waals surface area contributed by atoms with Crippen LogP contribution in [0.1, 0.15) is 42.5 Å². The summed E-state index contributed by atoms with van der Waals surface area (Å²) in [6.07, 6.45) is 4.65. The van der Waals surface area contributed by atoms with E-state index < -0.39 is 33.7 Å². The fourth-order valence-corrected chi connectivity index (χ4v) is 5.27. The third-order valence-electron chi connectivity index (χ3n) is 5.36. The third kappa shape index (κ3) is 6.09. The number of carbonyl (C=O) groups excluding carboxylic acids is 2. The molecule has 0 spiro atoms. The topological polar surface area (TPSA) is 119 Å². The van der Waals surface area contributed by atoms with Crippen LogP contribution in [-0.2, 0) is 19.3 Å². The van der Waals surface area contributed by atoms with Crippen molar-refractivity contribution in [3.8, 4) is 0 Å². The van der Waals surface area contributed by atoms with Crippen LogP contribution in [0.3, 0.4) is 0 Å². The molecule has 2 aliphatic rings. The molecule has 2 N–H and O–H groups in total. The fraction of sp³-hybridized carbons (Fsp3) is 0.524. The maximum Gasteiger partial charge on any atom is 0.338 e. The van der Waals surface area contributed by atoms with Crippen LogP contribution >= 0.6 is 11.8 Å². The van der Waals surface area contributed by atoms with Gasteiger partial charge in [-0.15, -0.1) is 6.58 Å². The van der Waals surface area contributed by atoms with Crippen molar-refractivity contribution in [2.75, 3.05) is 12.0 Å². The van der Waals surface area contributed by atoms with Gasteiger partial charge < -0.3 is 19.9 Å². The number of esters is 1. The number of aliphatic hydroxyl groups is 1. The highest BCUT2D eigenvalue weighted by molar-refractivity contribution is 8.14. The van der Waals surface area contributed by atoms with Crippen LogP contribution in [0.15, 0.2) is 41.8 Å². The number of rotatable bonds is 8. The Hall–Kier alpha value is -1.88. The quantitative estimate of drug-likeness (QED) is 0.339. The predicted molar refractivity (Wildman–Crippen MR) is 117 cm³/mol. The molecule has 2 fully saturated rings. The molecular formula is C21H27NO7S2. The summed E-state index contributed by atoms with van der Waals surface area (Å²) in [6, 6.07) is 4.92.